The van der Waals surface area contributed by atoms with Crippen LogP contribution < -0.4 is 15.1 Å². The number of anilines is 3. The number of nitrogens with zero attached hydrogens (tertiary/aromatic N) is 8. The van der Waals surface area contributed by atoms with Crippen LogP contribution >= 0.6 is 0 Å². The van der Waals surface area contributed by atoms with Crippen LogP contribution in [0.5, 0.6) is 0 Å². The van der Waals surface area contributed by atoms with Crippen LogP contribution in [0, 0.1) is 0 Å². The van der Waals surface area contributed by atoms with Crippen LogP contribution in [-0.4, -0.2) is 62.9 Å². The molecule has 0 unspecified atom stereocenters. The molecule has 0 radical (unpaired) electrons. The van der Waals surface area contributed by atoms with Crippen LogP contribution in [0.1, 0.15) is 12.8 Å². The fraction of sp³-hybridized carbons (Fsp3) is 0.389. The molecule has 1 saturated heterocycles. The molecule has 140 valence electrons. The van der Waals surface area contributed by atoms with E-state index in [1.165, 1.54) is 0 Å². The standard InChI is InChI=1S/C18H23N9/c1-25(2)16-10-15(20-13-21-16)23-14-4-8-26(9-5-14)17-11-19-12-18(24-17)27-7-3-6-22-27/h3,6-7,10-14H,4-5,8-9H2,1-2H3,(H,20,21,23). The van der Waals surface area contributed by atoms with Gasteiger partial charge in [0, 0.05) is 51.7 Å². The van der Waals surface area contributed by atoms with E-state index in [0.29, 0.717) is 6.04 Å². The molecule has 4 rings (SSSR count). The normalized spacial score (nSPS) is 15.0. The summed E-state index contributed by atoms with van der Waals surface area (Å²) in [6.45, 7) is 1.83. The summed E-state index contributed by atoms with van der Waals surface area (Å²) in [6.07, 6.45) is 10.8. The highest BCUT2D eigenvalue weighted by Crippen LogP contribution is 2.21. The molecule has 0 amide bonds. The molecular formula is C18H23N9. The first-order valence-corrected chi connectivity index (χ1v) is 9.02. The lowest BCUT2D eigenvalue weighted by Crippen LogP contribution is -2.39. The van der Waals surface area contributed by atoms with E-state index in [1.807, 2.05) is 43.5 Å². The molecule has 1 fully saturated rings. The number of nitrogens with one attached hydrogen (secondary N) is 1. The number of hydrogen-bond donors (Lipinski definition) is 1. The average molecular weight is 365 g/mol. The van der Waals surface area contributed by atoms with Crippen molar-refractivity contribution in [1.29, 1.82) is 0 Å². The van der Waals surface area contributed by atoms with Crippen LogP contribution in [0.15, 0.2) is 43.2 Å². The Kier molecular flexibility index (Phi) is 4.82. The summed E-state index contributed by atoms with van der Waals surface area (Å²) in [6, 6.07) is 4.24. The predicted octanol–water partition coefficient (Wildman–Crippen LogP) is 1.60. The zero-order valence-corrected chi connectivity index (χ0v) is 15.5. The Balaban J connectivity index is 1.38. The Morgan fingerprint density at radius 2 is 1.93 bits per heavy atom. The Morgan fingerprint density at radius 3 is 2.67 bits per heavy atom. The highest BCUT2D eigenvalue weighted by Gasteiger charge is 2.21. The molecule has 27 heavy (non-hydrogen) atoms. The second-order valence-electron chi connectivity index (χ2n) is 6.75. The highest BCUT2D eigenvalue weighted by atomic mass is 15.3. The Morgan fingerprint density at radius 1 is 1.11 bits per heavy atom. The van der Waals surface area contributed by atoms with Crippen molar-refractivity contribution < 1.29 is 0 Å². The van der Waals surface area contributed by atoms with Crippen molar-refractivity contribution in [3.8, 4) is 5.82 Å². The molecule has 9 nitrogen and oxygen atoms in total. The van der Waals surface area contributed by atoms with E-state index in [1.54, 1.807) is 23.4 Å². The largest absolute Gasteiger partial charge is 0.367 e. The number of aromatic nitrogens is 6. The summed E-state index contributed by atoms with van der Waals surface area (Å²) in [7, 11) is 3.95. The third-order valence-electron chi connectivity index (χ3n) is 4.63. The zero-order chi connectivity index (χ0) is 18.6. The van der Waals surface area contributed by atoms with Crippen molar-refractivity contribution in [3.05, 3.63) is 43.2 Å². The second kappa shape index (κ2) is 7.56. The van der Waals surface area contributed by atoms with Crippen LogP contribution in [-0.2, 0) is 0 Å². The number of piperidine rings is 1. The lowest BCUT2D eigenvalue weighted by Gasteiger charge is -2.33. The molecule has 0 aromatic carbocycles. The fourth-order valence-corrected chi connectivity index (χ4v) is 3.15. The van der Waals surface area contributed by atoms with Gasteiger partial charge in [0.05, 0.1) is 12.4 Å². The minimum atomic E-state index is 0.383. The van der Waals surface area contributed by atoms with Gasteiger partial charge in [0.25, 0.3) is 0 Å². The van der Waals surface area contributed by atoms with Crippen LogP contribution in [0.3, 0.4) is 0 Å². The Labute approximate surface area is 158 Å². The van der Waals surface area contributed by atoms with Gasteiger partial charge < -0.3 is 15.1 Å². The summed E-state index contributed by atoms with van der Waals surface area (Å²) in [5.74, 6) is 3.39. The first kappa shape index (κ1) is 17.2. The van der Waals surface area contributed by atoms with Gasteiger partial charge in [-0.3, -0.25) is 4.98 Å². The fourth-order valence-electron chi connectivity index (χ4n) is 3.15. The van der Waals surface area contributed by atoms with Crippen molar-refractivity contribution in [1.82, 2.24) is 29.7 Å². The third-order valence-corrected chi connectivity index (χ3v) is 4.63. The number of rotatable bonds is 5. The Bertz CT molecular complexity index is 870. The molecule has 1 aliphatic rings. The lowest BCUT2D eigenvalue weighted by atomic mass is 10.1. The van der Waals surface area contributed by atoms with Gasteiger partial charge in [-0.15, -0.1) is 0 Å². The summed E-state index contributed by atoms with van der Waals surface area (Å²) in [5.41, 5.74) is 0. The van der Waals surface area contributed by atoms with Gasteiger partial charge in [0.1, 0.15) is 23.8 Å². The van der Waals surface area contributed by atoms with Gasteiger partial charge in [-0.2, -0.15) is 5.10 Å². The van der Waals surface area contributed by atoms with Gasteiger partial charge in [0.2, 0.25) is 0 Å². The first-order chi connectivity index (χ1) is 13.2. The quantitative estimate of drug-likeness (QED) is 0.729. The summed E-state index contributed by atoms with van der Waals surface area (Å²) in [4.78, 5) is 21.9. The van der Waals surface area contributed by atoms with Crippen LogP contribution in [0.25, 0.3) is 5.82 Å². The molecule has 1 N–H and O–H groups in total. The van der Waals surface area contributed by atoms with Crippen LogP contribution in [0.2, 0.25) is 0 Å². The SMILES string of the molecule is CN(C)c1cc(NC2CCN(c3cncc(-n4cccn4)n3)CC2)ncn1. The van der Waals surface area contributed by atoms with Gasteiger partial charge in [-0.05, 0) is 18.9 Å². The average Bonchev–Trinajstić information content (AvgIpc) is 3.24. The van der Waals surface area contributed by atoms with E-state index in [2.05, 4.69) is 30.3 Å². The zero-order valence-electron chi connectivity index (χ0n) is 15.5. The maximum atomic E-state index is 4.70. The highest BCUT2D eigenvalue weighted by molar-refractivity contribution is 5.48. The van der Waals surface area contributed by atoms with E-state index in [4.69, 9.17) is 4.98 Å². The maximum absolute atomic E-state index is 4.70. The third kappa shape index (κ3) is 3.97. The molecular weight excluding hydrogens is 342 g/mol. The molecule has 0 spiro atoms. The molecule has 0 atom stereocenters. The van der Waals surface area contributed by atoms with Crippen molar-refractivity contribution in [3.63, 3.8) is 0 Å². The summed E-state index contributed by atoms with van der Waals surface area (Å²) in [5, 5.41) is 7.75. The second-order valence-corrected chi connectivity index (χ2v) is 6.75. The molecule has 4 heterocycles. The minimum Gasteiger partial charge on any atom is -0.367 e. The van der Waals surface area contributed by atoms with Crippen molar-refractivity contribution in [2.24, 2.45) is 0 Å². The van der Waals surface area contributed by atoms with E-state index in [9.17, 15) is 0 Å². The van der Waals surface area contributed by atoms with E-state index in [-0.39, 0.29) is 0 Å². The smallest absolute Gasteiger partial charge is 0.173 e. The van der Waals surface area contributed by atoms with Crippen LogP contribution in [0.4, 0.5) is 17.5 Å². The van der Waals surface area contributed by atoms with Gasteiger partial charge in [0.15, 0.2) is 5.82 Å². The molecule has 0 saturated carbocycles. The van der Waals surface area contributed by atoms with Gasteiger partial charge >= 0.3 is 0 Å². The van der Waals surface area contributed by atoms with E-state index < -0.39 is 0 Å². The minimum absolute atomic E-state index is 0.383. The molecule has 3 aromatic heterocycles. The van der Waals surface area contributed by atoms with Crippen molar-refractivity contribution in [2.45, 2.75) is 18.9 Å². The summed E-state index contributed by atoms with van der Waals surface area (Å²) >= 11 is 0. The predicted molar refractivity (Wildman–Crippen MR) is 104 cm³/mol. The monoisotopic (exact) mass is 365 g/mol. The topological polar surface area (TPSA) is 87.9 Å². The van der Waals surface area contributed by atoms with Gasteiger partial charge in [-0.1, -0.05) is 0 Å². The van der Waals surface area contributed by atoms with E-state index in [0.717, 1.165) is 49.2 Å². The van der Waals surface area contributed by atoms with E-state index >= 15 is 0 Å². The van der Waals surface area contributed by atoms with Crippen molar-refractivity contribution >= 4 is 17.5 Å². The van der Waals surface area contributed by atoms with Crippen molar-refractivity contribution in [2.75, 3.05) is 42.3 Å². The molecule has 0 aliphatic carbocycles. The number of hydrogen-bond acceptors (Lipinski definition) is 8. The first-order valence-electron chi connectivity index (χ1n) is 9.02. The molecule has 9 heteroatoms. The molecule has 1 aliphatic heterocycles. The molecule has 0 bridgehead atoms. The maximum Gasteiger partial charge on any atom is 0.173 e. The van der Waals surface area contributed by atoms with Gasteiger partial charge in [-0.25, -0.2) is 19.6 Å². The summed E-state index contributed by atoms with van der Waals surface area (Å²) < 4.78 is 1.72. The lowest BCUT2D eigenvalue weighted by molar-refractivity contribution is 0.521. The molecule has 3 aromatic rings. The Hall–Kier alpha value is -3.23.